The van der Waals surface area contributed by atoms with E-state index < -0.39 is 11.6 Å². The molecule has 4 aromatic rings. The predicted octanol–water partition coefficient (Wildman–Crippen LogP) is 4.90. The molecule has 1 aliphatic heterocycles. The molecule has 9 heteroatoms. The molecule has 0 radical (unpaired) electrons. The highest BCUT2D eigenvalue weighted by molar-refractivity contribution is 7.20. The third-order valence-corrected chi connectivity index (χ3v) is 6.69. The van der Waals surface area contributed by atoms with Crippen molar-refractivity contribution in [2.75, 3.05) is 23.3 Å². The molecule has 164 valence electrons. The number of aromatic nitrogens is 3. The average molecular weight is 454 g/mol. The van der Waals surface area contributed by atoms with E-state index in [0.29, 0.717) is 25.9 Å². The second-order valence-electron chi connectivity index (χ2n) is 7.98. The van der Waals surface area contributed by atoms with Crippen molar-refractivity contribution in [3.63, 3.8) is 0 Å². The van der Waals surface area contributed by atoms with Gasteiger partial charge in [0.05, 0.1) is 17.6 Å². The van der Waals surface area contributed by atoms with Gasteiger partial charge < -0.3 is 10.2 Å². The lowest BCUT2D eigenvalue weighted by Crippen LogP contribution is -2.38. The number of imidazole rings is 1. The van der Waals surface area contributed by atoms with E-state index in [1.54, 1.807) is 4.52 Å². The number of benzene rings is 2. The Morgan fingerprint density at radius 2 is 1.88 bits per heavy atom. The predicted molar refractivity (Wildman–Crippen MR) is 121 cm³/mol. The van der Waals surface area contributed by atoms with E-state index in [2.05, 4.69) is 46.5 Å². The molecule has 0 aliphatic carbocycles. The van der Waals surface area contributed by atoms with Gasteiger partial charge in [0.25, 0.3) is 0 Å². The molecule has 1 N–H and O–H groups in total. The Hall–Kier alpha value is -3.33. The first-order valence-corrected chi connectivity index (χ1v) is 11.2. The highest BCUT2D eigenvalue weighted by Gasteiger charge is 2.27. The second-order valence-corrected chi connectivity index (χ2v) is 8.91. The molecule has 6 nitrogen and oxygen atoms in total. The number of aryl methyl sites for hydroxylation is 1. The van der Waals surface area contributed by atoms with Crippen molar-refractivity contribution in [3.8, 4) is 11.3 Å². The van der Waals surface area contributed by atoms with Crippen molar-refractivity contribution < 1.29 is 13.6 Å². The van der Waals surface area contributed by atoms with Gasteiger partial charge in [0, 0.05) is 30.6 Å². The number of anilines is 2. The molecule has 1 aliphatic rings. The zero-order valence-corrected chi connectivity index (χ0v) is 18.2. The minimum Gasteiger partial charge on any atom is -0.347 e. The van der Waals surface area contributed by atoms with E-state index in [4.69, 9.17) is 4.98 Å². The van der Waals surface area contributed by atoms with Gasteiger partial charge in [-0.05, 0) is 31.9 Å². The number of nitrogens with one attached hydrogen (secondary N) is 1. The second kappa shape index (κ2) is 8.31. The maximum atomic E-state index is 13.8. The van der Waals surface area contributed by atoms with Crippen LogP contribution in [0.1, 0.15) is 18.4 Å². The first-order chi connectivity index (χ1) is 15.5. The summed E-state index contributed by atoms with van der Waals surface area (Å²) in [7, 11) is 0. The quantitative estimate of drug-likeness (QED) is 0.478. The van der Waals surface area contributed by atoms with Crippen LogP contribution in [0.3, 0.4) is 0 Å². The van der Waals surface area contributed by atoms with E-state index in [1.165, 1.54) is 23.0 Å². The van der Waals surface area contributed by atoms with Crippen LogP contribution >= 0.6 is 11.3 Å². The SMILES string of the molecule is Cc1ccc(-c2cn3nc(N4CCC(C(=O)Nc5ccc(F)cc5F)CC4)sc3n2)cc1. The van der Waals surface area contributed by atoms with Crippen LogP contribution in [0.4, 0.5) is 19.6 Å². The smallest absolute Gasteiger partial charge is 0.227 e. The van der Waals surface area contributed by atoms with Crippen molar-refractivity contribution in [3.05, 3.63) is 65.9 Å². The number of amides is 1. The topological polar surface area (TPSA) is 62.5 Å². The molecule has 32 heavy (non-hydrogen) atoms. The Labute approximate surface area is 187 Å². The number of fused-ring (bicyclic) bond motifs is 1. The average Bonchev–Trinajstić information content (AvgIpc) is 3.36. The lowest BCUT2D eigenvalue weighted by molar-refractivity contribution is -0.120. The molecule has 2 aromatic carbocycles. The first kappa shape index (κ1) is 20.6. The Balaban J connectivity index is 1.22. The fourth-order valence-corrected chi connectivity index (χ4v) is 4.77. The molecule has 1 saturated heterocycles. The molecule has 1 fully saturated rings. The van der Waals surface area contributed by atoms with Gasteiger partial charge in [-0.3, -0.25) is 4.79 Å². The number of hydrogen-bond acceptors (Lipinski definition) is 5. The van der Waals surface area contributed by atoms with Crippen molar-refractivity contribution in [1.82, 2.24) is 14.6 Å². The van der Waals surface area contributed by atoms with Crippen LogP contribution in [-0.4, -0.2) is 33.6 Å². The van der Waals surface area contributed by atoms with Crippen LogP contribution in [-0.2, 0) is 4.79 Å². The fourth-order valence-electron chi connectivity index (χ4n) is 3.84. The van der Waals surface area contributed by atoms with E-state index in [0.717, 1.165) is 33.5 Å². The molecule has 2 aromatic heterocycles. The Morgan fingerprint density at radius 1 is 1.12 bits per heavy atom. The van der Waals surface area contributed by atoms with Crippen LogP contribution in [0.15, 0.2) is 48.7 Å². The Morgan fingerprint density at radius 3 is 2.56 bits per heavy atom. The van der Waals surface area contributed by atoms with Crippen molar-refractivity contribution in [1.29, 1.82) is 0 Å². The van der Waals surface area contributed by atoms with E-state index in [1.807, 2.05) is 6.20 Å². The molecule has 0 saturated carbocycles. The largest absolute Gasteiger partial charge is 0.347 e. The van der Waals surface area contributed by atoms with E-state index in [-0.39, 0.29) is 17.5 Å². The normalized spacial score (nSPS) is 14.8. The maximum absolute atomic E-state index is 13.8. The standard InChI is InChI=1S/C23H21F2N5OS/c1-14-2-4-15(5-3-14)20-13-30-22(27-20)32-23(28-30)29-10-8-16(9-11-29)21(31)26-19-7-6-17(24)12-18(19)25/h2-7,12-13,16H,8-11H2,1H3,(H,26,31). The van der Waals surface area contributed by atoms with E-state index in [9.17, 15) is 13.6 Å². The van der Waals surface area contributed by atoms with Crippen molar-refractivity contribution in [2.45, 2.75) is 19.8 Å². The zero-order chi connectivity index (χ0) is 22.2. The monoisotopic (exact) mass is 453 g/mol. The van der Waals surface area contributed by atoms with Gasteiger partial charge in [-0.1, -0.05) is 41.2 Å². The lowest BCUT2D eigenvalue weighted by atomic mass is 9.96. The van der Waals surface area contributed by atoms with Gasteiger partial charge in [-0.2, -0.15) is 0 Å². The summed E-state index contributed by atoms with van der Waals surface area (Å²) in [6.45, 7) is 3.40. The number of halogens is 2. The highest BCUT2D eigenvalue weighted by Crippen LogP contribution is 2.30. The first-order valence-electron chi connectivity index (χ1n) is 10.4. The summed E-state index contributed by atoms with van der Waals surface area (Å²) >= 11 is 1.52. The van der Waals surface area contributed by atoms with Crippen LogP contribution in [0, 0.1) is 24.5 Å². The minimum atomic E-state index is -0.771. The Bertz CT molecular complexity index is 1240. The van der Waals surface area contributed by atoms with Gasteiger partial charge in [0.1, 0.15) is 11.6 Å². The molecule has 3 heterocycles. The lowest BCUT2D eigenvalue weighted by Gasteiger charge is -2.30. The van der Waals surface area contributed by atoms with Gasteiger partial charge in [0.2, 0.25) is 16.0 Å². The third kappa shape index (κ3) is 4.08. The summed E-state index contributed by atoms with van der Waals surface area (Å²) in [5.74, 6) is -1.92. The summed E-state index contributed by atoms with van der Waals surface area (Å²) < 4.78 is 28.7. The number of hydrogen-bond donors (Lipinski definition) is 1. The third-order valence-electron chi connectivity index (χ3n) is 5.71. The number of rotatable bonds is 4. The molecular formula is C23H21F2N5OS. The van der Waals surface area contributed by atoms with Gasteiger partial charge in [-0.25, -0.2) is 18.3 Å². The molecule has 0 bridgehead atoms. The van der Waals surface area contributed by atoms with Crippen LogP contribution in [0.5, 0.6) is 0 Å². The molecule has 1 amide bonds. The minimum absolute atomic E-state index is 0.00404. The molecular weight excluding hydrogens is 432 g/mol. The van der Waals surface area contributed by atoms with Crippen LogP contribution in [0.25, 0.3) is 16.2 Å². The van der Waals surface area contributed by atoms with Crippen molar-refractivity contribution in [2.24, 2.45) is 5.92 Å². The highest BCUT2D eigenvalue weighted by atomic mass is 32.1. The number of piperidine rings is 1. The molecule has 0 spiro atoms. The number of carbonyl (C=O) groups excluding carboxylic acids is 1. The Kier molecular flexibility index (Phi) is 5.34. The van der Waals surface area contributed by atoms with Crippen molar-refractivity contribution >= 4 is 33.0 Å². The summed E-state index contributed by atoms with van der Waals surface area (Å²) in [5.41, 5.74) is 3.15. The zero-order valence-electron chi connectivity index (χ0n) is 17.4. The molecule has 0 atom stereocenters. The van der Waals surface area contributed by atoms with Gasteiger partial charge in [-0.15, -0.1) is 5.10 Å². The molecule has 0 unspecified atom stereocenters. The summed E-state index contributed by atoms with van der Waals surface area (Å²) in [5, 5.41) is 8.12. The number of nitrogens with zero attached hydrogens (tertiary/aromatic N) is 4. The van der Waals surface area contributed by atoms with Gasteiger partial charge in [0.15, 0.2) is 0 Å². The summed E-state index contributed by atoms with van der Waals surface area (Å²) in [6, 6.07) is 11.4. The van der Waals surface area contributed by atoms with E-state index >= 15 is 0 Å². The summed E-state index contributed by atoms with van der Waals surface area (Å²) in [4.78, 5) is 20.2. The van der Waals surface area contributed by atoms with Gasteiger partial charge >= 0.3 is 0 Å². The fraction of sp³-hybridized carbons (Fsp3) is 0.261. The van der Waals surface area contributed by atoms with Crippen LogP contribution < -0.4 is 10.2 Å². The molecule has 5 rings (SSSR count). The number of carbonyl (C=O) groups is 1. The summed E-state index contributed by atoms with van der Waals surface area (Å²) in [6.07, 6.45) is 3.19. The maximum Gasteiger partial charge on any atom is 0.227 e. The van der Waals surface area contributed by atoms with Crippen LogP contribution in [0.2, 0.25) is 0 Å².